The van der Waals surface area contributed by atoms with Gasteiger partial charge in [-0.1, -0.05) is 35.2 Å². The number of aliphatic imine (C=N–C) groups is 1. The lowest BCUT2D eigenvalue weighted by Gasteiger charge is -2.29. The summed E-state index contributed by atoms with van der Waals surface area (Å²) in [5.41, 5.74) is 15.3. The van der Waals surface area contributed by atoms with Crippen LogP contribution in [0.2, 0.25) is 0 Å². The number of nitrogens with one attached hydrogen (secondary N) is 1. The van der Waals surface area contributed by atoms with Gasteiger partial charge in [0.1, 0.15) is 11.3 Å². The van der Waals surface area contributed by atoms with Gasteiger partial charge in [-0.25, -0.2) is 14.8 Å². The number of allylic oxidation sites excluding steroid dienone is 1. The van der Waals surface area contributed by atoms with Gasteiger partial charge in [0.2, 0.25) is 0 Å². The number of hydrogen-bond donors (Lipinski definition) is 3. The largest absolute Gasteiger partial charge is 0.444 e. The molecule has 1 aliphatic rings. The highest BCUT2D eigenvalue weighted by molar-refractivity contribution is 9.10. The predicted octanol–water partition coefficient (Wildman–Crippen LogP) is 4.47. The summed E-state index contributed by atoms with van der Waals surface area (Å²) in [5.74, 6) is 0.191. The monoisotopic (exact) mass is 553 g/mol. The number of nitrogens with two attached hydrogens (primary N) is 2. The molecule has 0 spiro atoms. The number of ether oxygens (including phenoxy) is 1. The van der Waals surface area contributed by atoms with E-state index in [2.05, 4.69) is 49.4 Å². The highest BCUT2D eigenvalue weighted by Crippen LogP contribution is 2.24. The average Bonchev–Trinajstić information content (AvgIpc) is 3.31. The molecule has 0 aliphatic carbocycles. The summed E-state index contributed by atoms with van der Waals surface area (Å²) in [7, 11) is 0. The fourth-order valence-corrected chi connectivity index (χ4v) is 3.92. The molecule has 1 atom stereocenters. The number of halogens is 1. The quantitative estimate of drug-likeness (QED) is 0.261. The summed E-state index contributed by atoms with van der Waals surface area (Å²) in [6.45, 7) is 14.0. The van der Waals surface area contributed by atoms with E-state index in [0.717, 1.165) is 22.8 Å². The first-order valence-electron chi connectivity index (χ1n) is 11.5. The Hall–Kier alpha value is -3.66. The van der Waals surface area contributed by atoms with Crippen molar-refractivity contribution in [2.24, 2.45) is 16.5 Å². The maximum Gasteiger partial charge on any atom is 0.410 e. The second kappa shape index (κ2) is 11.4. The third-order valence-electron chi connectivity index (χ3n) is 5.36. The highest BCUT2D eigenvalue weighted by atomic mass is 79.9. The average molecular weight is 554 g/mol. The minimum absolute atomic E-state index is 0.191. The molecule has 0 radical (unpaired) electrons. The fraction of sp³-hybridized carbons (Fsp3) is 0.308. The molecule has 1 aromatic carbocycles. The molecule has 0 saturated carbocycles. The number of aromatic nitrogens is 2. The van der Waals surface area contributed by atoms with Crippen molar-refractivity contribution < 1.29 is 9.53 Å². The zero-order valence-corrected chi connectivity index (χ0v) is 22.4. The van der Waals surface area contributed by atoms with Gasteiger partial charge in [-0.05, 0) is 51.8 Å². The molecular weight excluding hydrogens is 522 g/mol. The molecule has 1 fully saturated rings. The predicted molar refractivity (Wildman–Crippen MR) is 147 cm³/mol. The van der Waals surface area contributed by atoms with E-state index in [4.69, 9.17) is 16.2 Å². The van der Waals surface area contributed by atoms with Gasteiger partial charge in [-0.15, -0.1) is 0 Å². The minimum atomic E-state index is -0.565. The molecule has 1 aliphatic heterocycles. The number of amides is 1. The number of nitrogens with zero attached hydrogens (tertiary/aromatic N) is 4. The van der Waals surface area contributed by atoms with Crippen LogP contribution in [0, 0.1) is 0 Å². The Morgan fingerprint density at radius 2 is 2.08 bits per heavy atom. The lowest BCUT2D eigenvalue weighted by atomic mass is 10.1. The van der Waals surface area contributed by atoms with Crippen molar-refractivity contribution >= 4 is 38.9 Å². The number of likely N-dealkylation sites (tertiary alicyclic amines) is 1. The van der Waals surface area contributed by atoms with Gasteiger partial charge in [-0.2, -0.15) is 0 Å². The van der Waals surface area contributed by atoms with E-state index in [1.54, 1.807) is 23.4 Å². The molecule has 190 valence electrons. The first-order chi connectivity index (χ1) is 17.0. The molecule has 10 heteroatoms. The minimum Gasteiger partial charge on any atom is -0.444 e. The second-order valence-electron chi connectivity index (χ2n) is 9.29. The van der Waals surface area contributed by atoms with E-state index in [1.165, 1.54) is 6.20 Å². The van der Waals surface area contributed by atoms with Gasteiger partial charge in [0, 0.05) is 34.7 Å². The summed E-state index contributed by atoms with van der Waals surface area (Å²) in [6, 6.07) is 5.41. The number of carbonyl (C=O) groups excluding carboxylic acids is 1. The maximum atomic E-state index is 12.6. The smallest absolute Gasteiger partial charge is 0.410 e. The van der Waals surface area contributed by atoms with Crippen LogP contribution in [0.15, 0.2) is 82.5 Å². The normalized spacial score (nSPS) is 17.3. The van der Waals surface area contributed by atoms with Crippen molar-refractivity contribution in [2.45, 2.75) is 45.3 Å². The van der Waals surface area contributed by atoms with Gasteiger partial charge in [-0.3, -0.25) is 9.88 Å². The van der Waals surface area contributed by atoms with E-state index in [-0.39, 0.29) is 18.0 Å². The van der Waals surface area contributed by atoms with Crippen LogP contribution in [0.25, 0.3) is 11.0 Å². The molecule has 36 heavy (non-hydrogen) atoms. The number of rotatable bonds is 7. The molecule has 0 bridgehead atoms. The Balaban J connectivity index is 1.70. The van der Waals surface area contributed by atoms with Gasteiger partial charge in [0.25, 0.3) is 0 Å². The Bertz CT molecular complexity index is 1260. The zero-order valence-electron chi connectivity index (χ0n) is 20.8. The van der Waals surface area contributed by atoms with Crippen molar-refractivity contribution in [2.75, 3.05) is 6.54 Å². The molecule has 0 unspecified atom stereocenters. The molecule has 3 rings (SSSR count). The van der Waals surface area contributed by atoms with Crippen molar-refractivity contribution in [1.82, 2.24) is 20.2 Å². The molecule has 1 aromatic heterocycles. The van der Waals surface area contributed by atoms with Gasteiger partial charge in [0.05, 0.1) is 29.0 Å². The fourth-order valence-electron chi connectivity index (χ4n) is 3.58. The summed E-state index contributed by atoms with van der Waals surface area (Å²) in [5, 5.41) is 3.11. The lowest BCUT2D eigenvalue weighted by molar-refractivity contribution is 0.0246. The van der Waals surface area contributed by atoms with Crippen molar-refractivity contribution in [3.8, 4) is 0 Å². The van der Waals surface area contributed by atoms with Crippen molar-refractivity contribution in [1.29, 1.82) is 0 Å². The third-order valence-corrected chi connectivity index (χ3v) is 5.85. The van der Waals surface area contributed by atoms with Crippen molar-refractivity contribution in [3.05, 3.63) is 83.2 Å². The molecule has 5 N–H and O–H groups in total. The second-order valence-corrected chi connectivity index (χ2v) is 10.2. The summed E-state index contributed by atoms with van der Waals surface area (Å²) >= 11 is 3.42. The number of hydrogen-bond acceptors (Lipinski definition) is 7. The third kappa shape index (κ3) is 6.94. The van der Waals surface area contributed by atoms with Gasteiger partial charge >= 0.3 is 6.09 Å². The first kappa shape index (κ1) is 26.9. The van der Waals surface area contributed by atoms with Crippen LogP contribution in [0.5, 0.6) is 0 Å². The highest BCUT2D eigenvalue weighted by Gasteiger charge is 2.33. The Morgan fingerprint density at radius 1 is 1.33 bits per heavy atom. The Morgan fingerprint density at radius 3 is 2.78 bits per heavy atom. The van der Waals surface area contributed by atoms with Crippen molar-refractivity contribution in [3.63, 3.8) is 0 Å². The lowest BCUT2D eigenvalue weighted by Crippen LogP contribution is -2.42. The standard InChI is InChI=1S/C26H32BrN7O2/c1-6-17(13-32-24(29)22-15-31-21-12-18(27)9-10-20(21)33-22)19(28)14-30-16(2)23-8-7-11-34(23)25(35)36-26(3,4)5/h6,9-10,12-15,23,30H,1-2,7-8,11,28H2,3-5H3,(H2,29,32)/b17-13+,19-14-/t23-/m0/s1. The number of fused-ring (bicyclic) bond motifs is 1. The number of amidine groups is 1. The van der Waals surface area contributed by atoms with Crippen LogP contribution in [0.1, 0.15) is 39.3 Å². The van der Waals surface area contributed by atoms with Gasteiger partial charge < -0.3 is 21.5 Å². The van der Waals surface area contributed by atoms with Crippen LogP contribution < -0.4 is 16.8 Å². The maximum absolute atomic E-state index is 12.6. The van der Waals surface area contributed by atoms with E-state index in [9.17, 15) is 4.79 Å². The zero-order chi connectivity index (χ0) is 26.5. The summed E-state index contributed by atoms with van der Waals surface area (Å²) < 4.78 is 6.44. The van der Waals surface area contributed by atoms with E-state index >= 15 is 0 Å². The van der Waals surface area contributed by atoms with Crippen LogP contribution >= 0.6 is 15.9 Å². The van der Waals surface area contributed by atoms with Crippen LogP contribution in [-0.2, 0) is 4.74 Å². The van der Waals surface area contributed by atoms with E-state index < -0.39 is 5.60 Å². The van der Waals surface area contributed by atoms with Crippen LogP contribution in [0.4, 0.5) is 4.79 Å². The van der Waals surface area contributed by atoms with Gasteiger partial charge in [0.15, 0.2) is 5.84 Å². The Labute approximate surface area is 219 Å². The number of benzene rings is 1. The van der Waals surface area contributed by atoms with Crippen LogP contribution in [-0.4, -0.2) is 45.0 Å². The summed E-state index contributed by atoms with van der Waals surface area (Å²) in [6.07, 6.45) is 7.54. The molecular formula is C26H32BrN7O2. The van der Waals surface area contributed by atoms with Crippen LogP contribution in [0.3, 0.4) is 0 Å². The SMILES string of the molecule is C=CC(=C\N=C(/N)c1cnc2cc(Br)ccc2n1)/C(N)=C/NC(=C)[C@@H]1CCCN1C(=O)OC(C)(C)C. The molecule has 1 saturated heterocycles. The molecule has 2 heterocycles. The molecule has 9 nitrogen and oxygen atoms in total. The van der Waals surface area contributed by atoms with E-state index in [0.29, 0.717) is 34.7 Å². The van der Waals surface area contributed by atoms with E-state index in [1.807, 2.05) is 39.0 Å². The molecule has 1 amide bonds. The number of carbonyl (C=O) groups is 1. The Kier molecular flexibility index (Phi) is 8.52. The summed E-state index contributed by atoms with van der Waals surface area (Å²) in [4.78, 5) is 27.4. The first-order valence-corrected chi connectivity index (χ1v) is 12.3. The molecule has 2 aromatic rings. The topological polar surface area (TPSA) is 132 Å².